The first-order valence-corrected chi connectivity index (χ1v) is 9.63. The summed E-state index contributed by atoms with van der Waals surface area (Å²) >= 11 is 0. The molecule has 5 heteroatoms. The summed E-state index contributed by atoms with van der Waals surface area (Å²) in [6.07, 6.45) is 5.19. The number of hydrogen-bond acceptors (Lipinski definition) is 4. The fourth-order valence-electron chi connectivity index (χ4n) is 4.42. The number of amides is 1. The van der Waals surface area contributed by atoms with Crippen molar-refractivity contribution in [3.05, 3.63) is 30.1 Å². The fourth-order valence-corrected chi connectivity index (χ4v) is 4.42. The van der Waals surface area contributed by atoms with Crippen molar-refractivity contribution in [2.24, 2.45) is 23.7 Å². The van der Waals surface area contributed by atoms with Gasteiger partial charge >= 0.3 is 0 Å². The number of carbonyl (C=O) groups excluding carboxylic acids is 1. The molecule has 5 nitrogen and oxygen atoms in total. The average Bonchev–Trinajstić information content (AvgIpc) is 3.32. The maximum atomic E-state index is 12.7. The van der Waals surface area contributed by atoms with Crippen LogP contribution in [0, 0.1) is 23.7 Å². The summed E-state index contributed by atoms with van der Waals surface area (Å²) in [5.41, 5.74) is 0.938. The summed E-state index contributed by atoms with van der Waals surface area (Å²) in [5.74, 6) is 2.75. The summed E-state index contributed by atoms with van der Waals surface area (Å²) in [6.45, 7) is 5.77. The molecule has 2 saturated heterocycles. The number of hydrogen-bond donors (Lipinski definition) is 0. The van der Waals surface area contributed by atoms with E-state index >= 15 is 0 Å². The first kappa shape index (κ1) is 17.0. The Kier molecular flexibility index (Phi) is 5.04. The summed E-state index contributed by atoms with van der Waals surface area (Å²) in [6, 6.07) is 5.84. The van der Waals surface area contributed by atoms with Crippen LogP contribution in [0.25, 0.3) is 0 Å². The van der Waals surface area contributed by atoms with Gasteiger partial charge in [0.1, 0.15) is 0 Å². The van der Waals surface area contributed by atoms with Gasteiger partial charge in [-0.25, -0.2) is 0 Å². The molecule has 3 fully saturated rings. The zero-order chi connectivity index (χ0) is 17.2. The molecule has 0 N–H and O–H groups in total. The first-order chi connectivity index (χ1) is 12.2. The predicted octanol–water partition coefficient (Wildman–Crippen LogP) is 2.03. The Morgan fingerprint density at radius 1 is 1.32 bits per heavy atom. The number of ether oxygens (including phenoxy) is 1. The molecule has 3 atom stereocenters. The molecule has 1 aromatic rings. The minimum atomic E-state index is 0.209. The van der Waals surface area contributed by atoms with Crippen LogP contribution in [0.2, 0.25) is 0 Å². The van der Waals surface area contributed by atoms with Gasteiger partial charge in [-0.3, -0.25) is 9.78 Å². The highest BCUT2D eigenvalue weighted by atomic mass is 16.5. The smallest absolute Gasteiger partial charge is 0.223 e. The lowest BCUT2D eigenvalue weighted by Gasteiger charge is -2.33. The second-order valence-corrected chi connectivity index (χ2v) is 8.16. The van der Waals surface area contributed by atoms with Gasteiger partial charge in [0.05, 0.1) is 25.5 Å². The van der Waals surface area contributed by atoms with Crippen molar-refractivity contribution < 1.29 is 9.53 Å². The summed E-state index contributed by atoms with van der Waals surface area (Å²) in [4.78, 5) is 21.5. The van der Waals surface area contributed by atoms with Gasteiger partial charge in [0.25, 0.3) is 0 Å². The van der Waals surface area contributed by atoms with Crippen molar-refractivity contribution in [3.63, 3.8) is 0 Å². The zero-order valence-electron chi connectivity index (χ0n) is 15.1. The number of likely N-dealkylation sites (tertiary alicyclic amines) is 1. The van der Waals surface area contributed by atoms with E-state index in [9.17, 15) is 4.79 Å². The predicted molar refractivity (Wildman–Crippen MR) is 95.8 cm³/mol. The monoisotopic (exact) mass is 343 g/mol. The molecule has 0 aromatic carbocycles. The van der Waals surface area contributed by atoms with Crippen LogP contribution >= 0.6 is 0 Å². The molecule has 3 heterocycles. The Morgan fingerprint density at radius 2 is 2.20 bits per heavy atom. The van der Waals surface area contributed by atoms with Crippen molar-refractivity contribution in [2.75, 3.05) is 39.9 Å². The van der Waals surface area contributed by atoms with Gasteiger partial charge in [0, 0.05) is 39.3 Å². The molecule has 1 amide bonds. The lowest BCUT2D eigenvalue weighted by molar-refractivity contribution is -0.134. The van der Waals surface area contributed by atoms with Crippen molar-refractivity contribution in [2.45, 2.75) is 25.8 Å². The van der Waals surface area contributed by atoms with E-state index in [4.69, 9.17) is 4.74 Å². The molecular weight excluding hydrogens is 314 g/mol. The van der Waals surface area contributed by atoms with Crippen molar-refractivity contribution >= 4 is 5.91 Å². The van der Waals surface area contributed by atoms with Gasteiger partial charge in [-0.2, -0.15) is 0 Å². The fraction of sp³-hybridized carbons (Fsp3) is 0.700. The standard InChI is InChI=1S/C20H29N3O2/c1-22(11-18-4-2-3-7-21-18)20(24)8-16-13-25-14-17-10-23(12-19(16)17)9-15-5-6-15/h2-4,7,15-17,19H,5-6,8-14H2,1H3/t16-,17-,19+/m1/s1. The molecule has 0 radical (unpaired) electrons. The average molecular weight is 343 g/mol. The molecule has 25 heavy (non-hydrogen) atoms. The van der Waals surface area contributed by atoms with E-state index < -0.39 is 0 Å². The van der Waals surface area contributed by atoms with Crippen molar-refractivity contribution in [3.8, 4) is 0 Å². The van der Waals surface area contributed by atoms with E-state index in [1.54, 1.807) is 6.20 Å². The van der Waals surface area contributed by atoms with E-state index in [1.165, 1.54) is 19.4 Å². The number of aromatic nitrogens is 1. The van der Waals surface area contributed by atoms with Crippen LogP contribution in [-0.4, -0.2) is 60.6 Å². The molecule has 2 aliphatic heterocycles. The van der Waals surface area contributed by atoms with Crippen LogP contribution in [0.1, 0.15) is 25.0 Å². The molecule has 136 valence electrons. The van der Waals surface area contributed by atoms with Crippen molar-refractivity contribution in [1.29, 1.82) is 0 Å². The topological polar surface area (TPSA) is 45.7 Å². The van der Waals surface area contributed by atoms with Crippen LogP contribution in [0.5, 0.6) is 0 Å². The molecule has 4 rings (SSSR count). The molecule has 0 unspecified atom stereocenters. The molecular formula is C20H29N3O2. The van der Waals surface area contributed by atoms with Gasteiger partial charge in [-0.05, 0) is 48.6 Å². The van der Waals surface area contributed by atoms with E-state index in [2.05, 4.69) is 9.88 Å². The Labute approximate surface area is 150 Å². The third-order valence-electron chi connectivity index (χ3n) is 6.04. The highest BCUT2D eigenvalue weighted by Crippen LogP contribution is 2.38. The highest BCUT2D eigenvalue weighted by Gasteiger charge is 2.42. The van der Waals surface area contributed by atoms with Gasteiger partial charge in [0.15, 0.2) is 0 Å². The van der Waals surface area contributed by atoms with Crippen LogP contribution < -0.4 is 0 Å². The second-order valence-electron chi connectivity index (χ2n) is 8.16. The normalized spacial score (nSPS) is 29.4. The summed E-state index contributed by atoms with van der Waals surface area (Å²) in [7, 11) is 1.88. The Balaban J connectivity index is 1.32. The molecule has 1 aliphatic carbocycles. The number of carbonyl (C=O) groups is 1. The van der Waals surface area contributed by atoms with Crippen LogP contribution in [-0.2, 0) is 16.1 Å². The number of nitrogens with zero attached hydrogens (tertiary/aromatic N) is 3. The first-order valence-electron chi connectivity index (χ1n) is 9.63. The molecule has 1 aromatic heterocycles. The SMILES string of the molecule is CN(Cc1ccccn1)C(=O)C[C@@H]1COC[C@H]2CN(CC3CC3)C[C@@H]12. The molecule has 3 aliphatic rings. The highest BCUT2D eigenvalue weighted by molar-refractivity contribution is 5.76. The minimum absolute atomic E-state index is 0.209. The number of fused-ring (bicyclic) bond motifs is 1. The maximum absolute atomic E-state index is 12.7. The Hall–Kier alpha value is -1.46. The van der Waals surface area contributed by atoms with E-state index in [1.807, 2.05) is 30.1 Å². The number of pyridine rings is 1. The van der Waals surface area contributed by atoms with E-state index in [0.717, 1.165) is 37.9 Å². The molecule has 1 saturated carbocycles. The Bertz CT molecular complexity index is 590. The largest absolute Gasteiger partial charge is 0.381 e. The van der Waals surface area contributed by atoms with Crippen LogP contribution in [0.3, 0.4) is 0 Å². The lowest BCUT2D eigenvalue weighted by atomic mass is 9.81. The molecule has 0 bridgehead atoms. The lowest BCUT2D eigenvalue weighted by Crippen LogP contribution is -2.38. The van der Waals surface area contributed by atoms with Gasteiger partial charge in [0.2, 0.25) is 5.91 Å². The van der Waals surface area contributed by atoms with E-state index in [0.29, 0.717) is 30.7 Å². The van der Waals surface area contributed by atoms with Crippen LogP contribution in [0.15, 0.2) is 24.4 Å². The maximum Gasteiger partial charge on any atom is 0.223 e. The van der Waals surface area contributed by atoms with Gasteiger partial charge in [-0.1, -0.05) is 6.07 Å². The number of rotatable bonds is 6. The summed E-state index contributed by atoms with van der Waals surface area (Å²) in [5, 5.41) is 0. The second kappa shape index (κ2) is 7.42. The Morgan fingerprint density at radius 3 is 2.96 bits per heavy atom. The van der Waals surface area contributed by atoms with Crippen LogP contribution in [0.4, 0.5) is 0 Å². The van der Waals surface area contributed by atoms with Crippen molar-refractivity contribution in [1.82, 2.24) is 14.8 Å². The van der Waals surface area contributed by atoms with Gasteiger partial charge in [-0.15, -0.1) is 0 Å². The zero-order valence-corrected chi connectivity index (χ0v) is 15.1. The van der Waals surface area contributed by atoms with Gasteiger partial charge < -0.3 is 14.5 Å². The third kappa shape index (κ3) is 4.21. The summed E-state index contributed by atoms with van der Waals surface area (Å²) < 4.78 is 5.85. The van der Waals surface area contributed by atoms with E-state index in [-0.39, 0.29) is 5.91 Å². The quantitative estimate of drug-likeness (QED) is 0.793. The third-order valence-corrected chi connectivity index (χ3v) is 6.04. The minimum Gasteiger partial charge on any atom is -0.381 e. The molecule has 0 spiro atoms.